The van der Waals surface area contributed by atoms with Crippen molar-refractivity contribution < 1.29 is 19.1 Å². The van der Waals surface area contributed by atoms with Crippen LogP contribution >= 0.6 is 0 Å². The molecule has 0 radical (unpaired) electrons. The largest absolute Gasteiger partial charge is 0.493 e. The molecular weight excluding hydrogens is 382 g/mol. The van der Waals surface area contributed by atoms with E-state index in [1.807, 2.05) is 17.0 Å². The molecule has 3 aliphatic rings. The van der Waals surface area contributed by atoms with Crippen LogP contribution in [0.4, 0.5) is 0 Å². The van der Waals surface area contributed by atoms with E-state index in [4.69, 9.17) is 9.47 Å². The van der Waals surface area contributed by atoms with Gasteiger partial charge in [-0.3, -0.25) is 9.59 Å². The van der Waals surface area contributed by atoms with Crippen LogP contribution in [-0.4, -0.2) is 43.0 Å². The second-order valence-corrected chi connectivity index (χ2v) is 8.67. The molecule has 7 heteroatoms. The van der Waals surface area contributed by atoms with E-state index < -0.39 is 5.54 Å². The van der Waals surface area contributed by atoms with Crippen LogP contribution in [0.15, 0.2) is 12.1 Å². The van der Waals surface area contributed by atoms with Crippen LogP contribution in [0, 0.1) is 23.2 Å². The van der Waals surface area contributed by atoms with Gasteiger partial charge >= 0.3 is 0 Å². The summed E-state index contributed by atoms with van der Waals surface area (Å²) in [6.07, 6.45) is 5.50. The molecule has 2 saturated carbocycles. The molecule has 1 aromatic rings. The summed E-state index contributed by atoms with van der Waals surface area (Å²) in [7, 11) is 3.23. The zero-order valence-electron chi connectivity index (χ0n) is 17.7. The SMILES string of the molecule is COc1cc2c(cc1OC)CN(C(=O)C1CCCC[C@H]1C(=O)NC1(C#N)CC1)CC2. The predicted octanol–water partition coefficient (Wildman–Crippen LogP) is 2.57. The van der Waals surface area contributed by atoms with E-state index in [0.29, 0.717) is 43.9 Å². The minimum absolute atomic E-state index is 0.0529. The van der Waals surface area contributed by atoms with Gasteiger partial charge in [0.1, 0.15) is 5.54 Å². The number of nitriles is 1. The van der Waals surface area contributed by atoms with Gasteiger partial charge in [-0.15, -0.1) is 0 Å². The molecule has 1 aliphatic heterocycles. The Morgan fingerprint density at radius 2 is 1.73 bits per heavy atom. The van der Waals surface area contributed by atoms with Crippen LogP contribution in [0.2, 0.25) is 0 Å². The number of carbonyl (C=O) groups is 2. The first-order valence-corrected chi connectivity index (χ1v) is 10.8. The maximum atomic E-state index is 13.4. The van der Waals surface area contributed by atoms with Crippen LogP contribution < -0.4 is 14.8 Å². The highest BCUT2D eigenvalue weighted by Gasteiger charge is 2.47. The Kier molecular flexibility index (Phi) is 5.59. The predicted molar refractivity (Wildman–Crippen MR) is 110 cm³/mol. The molecule has 0 saturated heterocycles. The fraction of sp³-hybridized carbons (Fsp3) is 0.609. The van der Waals surface area contributed by atoms with E-state index >= 15 is 0 Å². The number of nitrogens with zero attached hydrogens (tertiary/aromatic N) is 2. The highest BCUT2D eigenvalue weighted by molar-refractivity contribution is 5.89. The van der Waals surface area contributed by atoms with Crippen molar-refractivity contribution in [2.24, 2.45) is 11.8 Å². The number of rotatable bonds is 5. The van der Waals surface area contributed by atoms with Gasteiger partial charge in [0.2, 0.25) is 11.8 Å². The molecule has 1 heterocycles. The Hall–Kier alpha value is -2.75. The number of hydrogen-bond donors (Lipinski definition) is 1. The number of nitrogens with one attached hydrogen (secondary N) is 1. The molecule has 160 valence electrons. The van der Waals surface area contributed by atoms with Crippen molar-refractivity contribution in [1.82, 2.24) is 10.2 Å². The Morgan fingerprint density at radius 3 is 2.33 bits per heavy atom. The topological polar surface area (TPSA) is 91.7 Å². The average Bonchev–Trinajstić information content (AvgIpc) is 3.56. The van der Waals surface area contributed by atoms with E-state index in [0.717, 1.165) is 31.2 Å². The van der Waals surface area contributed by atoms with E-state index in [2.05, 4.69) is 11.4 Å². The fourth-order valence-corrected chi connectivity index (χ4v) is 4.76. The molecular formula is C23H29N3O4. The maximum absolute atomic E-state index is 13.4. The molecule has 2 fully saturated rings. The second-order valence-electron chi connectivity index (χ2n) is 8.67. The first-order chi connectivity index (χ1) is 14.5. The molecule has 4 rings (SSSR count). The van der Waals surface area contributed by atoms with Gasteiger partial charge in [-0.1, -0.05) is 12.8 Å². The lowest BCUT2D eigenvalue weighted by molar-refractivity contribution is -0.144. The van der Waals surface area contributed by atoms with Crippen molar-refractivity contribution in [3.8, 4) is 17.6 Å². The molecule has 0 aromatic heterocycles. The van der Waals surface area contributed by atoms with E-state index in [9.17, 15) is 14.9 Å². The Morgan fingerprint density at radius 1 is 1.10 bits per heavy atom. The zero-order chi connectivity index (χ0) is 21.3. The third kappa shape index (κ3) is 3.83. The van der Waals surface area contributed by atoms with Crippen molar-refractivity contribution in [1.29, 1.82) is 5.26 Å². The summed E-state index contributed by atoms with van der Waals surface area (Å²) in [6.45, 7) is 1.15. The summed E-state index contributed by atoms with van der Waals surface area (Å²) in [5, 5.41) is 12.2. The van der Waals surface area contributed by atoms with E-state index in [1.54, 1.807) is 14.2 Å². The number of fused-ring (bicyclic) bond motifs is 1. The minimum Gasteiger partial charge on any atom is -0.493 e. The van der Waals surface area contributed by atoms with Gasteiger partial charge in [0.15, 0.2) is 11.5 Å². The number of ether oxygens (including phenoxy) is 2. The van der Waals surface area contributed by atoms with Crippen LogP contribution in [0.1, 0.15) is 49.7 Å². The molecule has 1 unspecified atom stereocenters. The highest BCUT2D eigenvalue weighted by atomic mass is 16.5. The number of carbonyl (C=O) groups excluding carboxylic acids is 2. The average molecular weight is 412 g/mol. The van der Waals surface area contributed by atoms with Gasteiger partial charge < -0.3 is 19.7 Å². The van der Waals surface area contributed by atoms with Crippen LogP contribution in [0.5, 0.6) is 11.5 Å². The smallest absolute Gasteiger partial charge is 0.226 e. The third-order valence-corrected chi connectivity index (χ3v) is 6.78. The molecule has 1 aromatic carbocycles. The van der Waals surface area contributed by atoms with Gasteiger partial charge in [-0.2, -0.15) is 5.26 Å². The first-order valence-electron chi connectivity index (χ1n) is 10.8. The molecule has 1 N–H and O–H groups in total. The number of methoxy groups -OCH3 is 2. The van der Waals surface area contributed by atoms with E-state index in [1.165, 1.54) is 5.56 Å². The quantitative estimate of drug-likeness (QED) is 0.804. The number of hydrogen-bond acceptors (Lipinski definition) is 5. The van der Waals surface area contributed by atoms with Crippen molar-refractivity contribution in [3.63, 3.8) is 0 Å². The lowest BCUT2D eigenvalue weighted by Crippen LogP contribution is -2.48. The van der Waals surface area contributed by atoms with E-state index in [-0.39, 0.29) is 23.7 Å². The van der Waals surface area contributed by atoms with Gasteiger partial charge in [0.25, 0.3) is 0 Å². The summed E-state index contributed by atoms with van der Waals surface area (Å²) in [5.41, 5.74) is 1.53. The Labute approximate surface area is 177 Å². The van der Waals surface area contributed by atoms with Gasteiger partial charge in [0, 0.05) is 24.9 Å². The molecule has 2 atom stereocenters. The van der Waals surface area contributed by atoms with Gasteiger partial charge in [-0.25, -0.2) is 0 Å². The maximum Gasteiger partial charge on any atom is 0.226 e. The number of amides is 2. The fourth-order valence-electron chi connectivity index (χ4n) is 4.76. The van der Waals surface area contributed by atoms with Crippen molar-refractivity contribution in [2.45, 2.75) is 57.0 Å². The molecule has 2 aliphatic carbocycles. The molecule has 0 bridgehead atoms. The Balaban J connectivity index is 1.49. The second kappa shape index (κ2) is 8.17. The molecule has 7 nitrogen and oxygen atoms in total. The molecule has 0 spiro atoms. The third-order valence-electron chi connectivity index (χ3n) is 6.78. The van der Waals surface area contributed by atoms with Crippen molar-refractivity contribution in [3.05, 3.63) is 23.3 Å². The van der Waals surface area contributed by atoms with Gasteiger partial charge in [0.05, 0.1) is 20.3 Å². The monoisotopic (exact) mass is 411 g/mol. The van der Waals surface area contributed by atoms with Crippen LogP contribution in [-0.2, 0) is 22.6 Å². The summed E-state index contributed by atoms with van der Waals surface area (Å²) < 4.78 is 10.8. The van der Waals surface area contributed by atoms with Crippen molar-refractivity contribution in [2.75, 3.05) is 20.8 Å². The zero-order valence-corrected chi connectivity index (χ0v) is 17.7. The number of benzene rings is 1. The van der Waals surface area contributed by atoms with Gasteiger partial charge in [-0.05, 0) is 55.4 Å². The minimum atomic E-state index is -0.693. The summed E-state index contributed by atoms with van der Waals surface area (Å²) in [5.74, 6) is 0.630. The summed E-state index contributed by atoms with van der Waals surface area (Å²) >= 11 is 0. The standard InChI is InChI=1S/C23H29N3O4/c1-29-19-11-15-7-10-26(13-16(15)12-20(19)30-2)22(28)18-6-4-3-5-17(18)21(27)25-23(14-24)8-9-23/h11-12,17-18H,3-10,13H2,1-2H3,(H,25,27)/t17-,18?/m1/s1. The summed E-state index contributed by atoms with van der Waals surface area (Å²) in [4.78, 5) is 28.2. The van der Waals surface area contributed by atoms with Crippen molar-refractivity contribution >= 4 is 11.8 Å². The van der Waals surface area contributed by atoms with Crippen LogP contribution in [0.3, 0.4) is 0 Å². The Bertz CT molecular complexity index is 887. The lowest BCUT2D eigenvalue weighted by Gasteiger charge is -2.36. The molecule has 30 heavy (non-hydrogen) atoms. The lowest BCUT2D eigenvalue weighted by atomic mass is 9.77. The van der Waals surface area contributed by atoms with Crippen LogP contribution in [0.25, 0.3) is 0 Å². The first kappa shape index (κ1) is 20.5. The normalized spacial score (nSPS) is 24.2. The molecule has 2 amide bonds. The highest BCUT2D eigenvalue weighted by Crippen LogP contribution is 2.38. The summed E-state index contributed by atoms with van der Waals surface area (Å²) in [6, 6.07) is 6.15.